The average molecular weight is 263 g/mol. The number of nitro groups is 1. The minimum Gasteiger partial charge on any atom is -0.435 e. The molecular weight excluding hydrogens is 254 g/mol. The van der Waals surface area contributed by atoms with Crippen molar-refractivity contribution in [3.05, 3.63) is 40.3 Å². The van der Waals surface area contributed by atoms with Gasteiger partial charge in [0.15, 0.2) is 5.75 Å². The van der Waals surface area contributed by atoms with Crippen molar-refractivity contribution < 1.29 is 14.5 Å². The molecule has 19 heavy (non-hydrogen) atoms. The number of carbonyl (C=O) groups is 1. The summed E-state index contributed by atoms with van der Waals surface area (Å²) in [7, 11) is 1.69. The first kappa shape index (κ1) is 12.5. The van der Waals surface area contributed by atoms with E-state index in [0.717, 1.165) is 12.3 Å². The molecule has 9 heteroatoms. The van der Waals surface area contributed by atoms with Gasteiger partial charge in [-0.05, 0) is 0 Å². The molecule has 0 bridgehead atoms. The standard InChI is InChI=1S/C10H9N5O4/c1-14-5-7(4-13-14)19-10-8(9(11)16)2-6(3-12-10)15(17)18/h2-5H,1H3,(H2,11,16). The zero-order chi connectivity index (χ0) is 14.0. The second-order valence-corrected chi connectivity index (χ2v) is 3.62. The number of hydrogen-bond acceptors (Lipinski definition) is 6. The largest absolute Gasteiger partial charge is 0.435 e. The molecule has 0 saturated heterocycles. The van der Waals surface area contributed by atoms with Crippen molar-refractivity contribution >= 4 is 11.6 Å². The van der Waals surface area contributed by atoms with Crippen LogP contribution in [0, 0.1) is 10.1 Å². The number of carbonyl (C=O) groups excluding carboxylic acids is 1. The first-order chi connectivity index (χ1) is 8.97. The van der Waals surface area contributed by atoms with Gasteiger partial charge in [0.05, 0.1) is 17.3 Å². The Kier molecular flexibility index (Phi) is 3.10. The monoisotopic (exact) mass is 263 g/mol. The smallest absolute Gasteiger partial charge is 0.288 e. The van der Waals surface area contributed by atoms with Crippen LogP contribution in [0.1, 0.15) is 10.4 Å². The number of aromatic nitrogens is 3. The summed E-state index contributed by atoms with van der Waals surface area (Å²) >= 11 is 0. The van der Waals surface area contributed by atoms with Crippen molar-refractivity contribution in [3.63, 3.8) is 0 Å². The van der Waals surface area contributed by atoms with Gasteiger partial charge in [-0.25, -0.2) is 4.98 Å². The SMILES string of the molecule is Cn1cc(Oc2ncc([N+](=O)[O-])cc2C(N)=O)cn1. The summed E-state index contributed by atoms with van der Waals surface area (Å²) < 4.78 is 6.80. The van der Waals surface area contributed by atoms with Gasteiger partial charge in [0.2, 0.25) is 5.88 Å². The lowest BCUT2D eigenvalue weighted by molar-refractivity contribution is -0.385. The molecule has 0 aliphatic carbocycles. The molecule has 0 atom stereocenters. The van der Waals surface area contributed by atoms with Crippen LogP contribution in [0.15, 0.2) is 24.7 Å². The number of aryl methyl sites for hydroxylation is 1. The van der Waals surface area contributed by atoms with Gasteiger partial charge in [0.25, 0.3) is 11.6 Å². The molecule has 0 spiro atoms. The van der Waals surface area contributed by atoms with Gasteiger partial charge in [-0.1, -0.05) is 0 Å². The van der Waals surface area contributed by atoms with Gasteiger partial charge in [-0.3, -0.25) is 19.6 Å². The summed E-state index contributed by atoms with van der Waals surface area (Å²) in [5.41, 5.74) is 4.63. The number of primary amides is 1. The van der Waals surface area contributed by atoms with Crippen LogP contribution in [0.4, 0.5) is 5.69 Å². The number of nitrogens with zero attached hydrogens (tertiary/aromatic N) is 4. The van der Waals surface area contributed by atoms with Crippen molar-refractivity contribution in [2.75, 3.05) is 0 Å². The third kappa shape index (κ3) is 2.65. The van der Waals surface area contributed by atoms with Crippen molar-refractivity contribution in [3.8, 4) is 11.6 Å². The Bertz CT molecular complexity index is 651. The maximum absolute atomic E-state index is 11.3. The molecule has 2 aromatic rings. The molecule has 0 fully saturated rings. The number of ether oxygens (including phenoxy) is 1. The highest BCUT2D eigenvalue weighted by atomic mass is 16.6. The van der Waals surface area contributed by atoms with Crippen LogP contribution in [-0.4, -0.2) is 25.6 Å². The van der Waals surface area contributed by atoms with E-state index in [4.69, 9.17) is 10.5 Å². The van der Waals surface area contributed by atoms with Gasteiger partial charge >= 0.3 is 0 Å². The molecule has 0 saturated carbocycles. The van der Waals surface area contributed by atoms with E-state index in [1.165, 1.54) is 10.9 Å². The molecule has 0 aliphatic heterocycles. The Morgan fingerprint density at radius 3 is 2.79 bits per heavy atom. The summed E-state index contributed by atoms with van der Waals surface area (Å²) in [6.07, 6.45) is 3.94. The van der Waals surface area contributed by atoms with Gasteiger partial charge in [-0.15, -0.1) is 0 Å². The number of nitrogens with two attached hydrogens (primary N) is 1. The fraction of sp³-hybridized carbons (Fsp3) is 0.100. The topological polar surface area (TPSA) is 126 Å². The molecule has 98 valence electrons. The van der Waals surface area contributed by atoms with E-state index in [1.54, 1.807) is 13.2 Å². The molecule has 9 nitrogen and oxygen atoms in total. The van der Waals surface area contributed by atoms with Gasteiger partial charge in [0, 0.05) is 13.1 Å². The van der Waals surface area contributed by atoms with Crippen molar-refractivity contribution in [2.24, 2.45) is 12.8 Å². The van der Waals surface area contributed by atoms with E-state index in [-0.39, 0.29) is 17.1 Å². The minimum absolute atomic E-state index is 0.105. The molecule has 2 aromatic heterocycles. The van der Waals surface area contributed by atoms with E-state index in [1.807, 2.05) is 0 Å². The van der Waals surface area contributed by atoms with Crippen molar-refractivity contribution in [2.45, 2.75) is 0 Å². The molecule has 0 radical (unpaired) electrons. The molecule has 2 rings (SSSR count). The van der Waals surface area contributed by atoms with Crippen molar-refractivity contribution in [1.29, 1.82) is 0 Å². The van der Waals surface area contributed by atoms with Gasteiger partial charge in [-0.2, -0.15) is 5.10 Å². The molecule has 2 heterocycles. The highest BCUT2D eigenvalue weighted by molar-refractivity contribution is 5.95. The first-order valence-corrected chi connectivity index (χ1v) is 5.08. The molecule has 2 N–H and O–H groups in total. The molecule has 1 amide bonds. The average Bonchev–Trinajstić information content (AvgIpc) is 2.74. The molecule has 0 aliphatic rings. The van der Waals surface area contributed by atoms with E-state index in [9.17, 15) is 14.9 Å². The lowest BCUT2D eigenvalue weighted by Gasteiger charge is -2.05. The quantitative estimate of drug-likeness (QED) is 0.636. The van der Waals surface area contributed by atoms with Crippen LogP contribution in [0.3, 0.4) is 0 Å². The molecular formula is C10H9N5O4. The van der Waals surface area contributed by atoms with Crippen LogP contribution in [-0.2, 0) is 7.05 Å². The maximum atomic E-state index is 11.3. The van der Waals surface area contributed by atoms with Crippen LogP contribution >= 0.6 is 0 Å². The summed E-state index contributed by atoms with van der Waals surface area (Å²) in [4.78, 5) is 24.9. The summed E-state index contributed by atoms with van der Waals surface area (Å²) in [5, 5.41) is 14.5. The highest BCUT2D eigenvalue weighted by Crippen LogP contribution is 2.25. The van der Waals surface area contributed by atoms with Crippen LogP contribution < -0.4 is 10.5 Å². The minimum atomic E-state index is -0.866. The lowest BCUT2D eigenvalue weighted by Crippen LogP contribution is -2.13. The molecule has 0 unspecified atom stereocenters. The third-order valence-electron chi connectivity index (χ3n) is 2.21. The van der Waals surface area contributed by atoms with Gasteiger partial charge in [0.1, 0.15) is 11.8 Å². The number of hydrogen-bond donors (Lipinski definition) is 1. The zero-order valence-corrected chi connectivity index (χ0v) is 9.81. The number of rotatable bonds is 4. The highest BCUT2D eigenvalue weighted by Gasteiger charge is 2.18. The Morgan fingerprint density at radius 2 is 2.26 bits per heavy atom. The third-order valence-corrected chi connectivity index (χ3v) is 2.21. The summed E-state index contributed by atoms with van der Waals surface area (Å²) in [5.74, 6) is -0.632. The Balaban J connectivity index is 2.39. The second kappa shape index (κ2) is 4.72. The first-order valence-electron chi connectivity index (χ1n) is 5.08. The number of pyridine rings is 1. The van der Waals surface area contributed by atoms with E-state index >= 15 is 0 Å². The van der Waals surface area contributed by atoms with Crippen LogP contribution in [0.25, 0.3) is 0 Å². The Morgan fingerprint density at radius 1 is 1.53 bits per heavy atom. The van der Waals surface area contributed by atoms with Crippen LogP contribution in [0.5, 0.6) is 11.6 Å². The molecule has 0 aromatic carbocycles. The summed E-state index contributed by atoms with van der Waals surface area (Å²) in [6, 6.07) is 1.01. The number of amides is 1. The fourth-order valence-electron chi connectivity index (χ4n) is 1.36. The Hall–Kier alpha value is -2.97. The van der Waals surface area contributed by atoms with Gasteiger partial charge < -0.3 is 10.5 Å². The summed E-state index contributed by atoms with van der Waals surface area (Å²) in [6.45, 7) is 0. The second-order valence-electron chi connectivity index (χ2n) is 3.62. The zero-order valence-electron chi connectivity index (χ0n) is 9.81. The predicted octanol–water partition coefficient (Wildman–Crippen LogP) is 0.614. The van der Waals surface area contributed by atoms with Crippen molar-refractivity contribution in [1.82, 2.24) is 14.8 Å². The Labute approximate surface area is 106 Å². The predicted molar refractivity (Wildman–Crippen MR) is 62.7 cm³/mol. The van der Waals surface area contributed by atoms with E-state index < -0.39 is 10.8 Å². The fourth-order valence-corrected chi connectivity index (χ4v) is 1.36. The maximum Gasteiger partial charge on any atom is 0.288 e. The van der Waals surface area contributed by atoms with Crippen LogP contribution in [0.2, 0.25) is 0 Å². The van der Waals surface area contributed by atoms with E-state index in [0.29, 0.717) is 5.75 Å². The van der Waals surface area contributed by atoms with E-state index in [2.05, 4.69) is 10.1 Å². The normalized spacial score (nSPS) is 10.2. The lowest BCUT2D eigenvalue weighted by atomic mass is 10.2.